The highest BCUT2D eigenvalue weighted by Crippen LogP contribution is 2.36. The molecule has 1 aliphatic rings. The van der Waals surface area contributed by atoms with Gasteiger partial charge in [-0.15, -0.1) is 0 Å². The van der Waals surface area contributed by atoms with Crippen molar-refractivity contribution in [2.24, 2.45) is 0 Å². The molecule has 0 spiro atoms. The molecule has 0 saturated heterocycles. The highest BCUT2D eigenvalue weighted by molar-refractivity contribution is 9.10. The number of aliphatic hydroxyl groups excluding tert-OH is 1. The predicted octanol–water partition coefficient (Wildman–Crippen LogP) is 3.70. The van der Waals surface area contributed by atoms with Gasteiger partial charge in [0.25, 0.3) is 0 Å². The first-order chi connectivity index (χ1) is 9.24. The molecule has 1 N–H and O–H groups in total. The Morgan fingerprint density at radius 2 is 2.00 bits per heavy atom. The van der Waals surface area contributed by atoms with E-state index in [1.807, 2.05) is 12.1 Å². The number of aryl methyl sites for hydroxylation is 1. The molecule has 0 aromatic heterocycles. The summed E-state index contributed by atoms with van der Waals surface area (Å²) in [7, 11) is 1.67. The zero-order chi connectivity index (χ0) is 13.7. The number of methoxy groups -OCH3 is 1. The lowest BCUT2D eigenvalue weighted by atomic mass is 10.1. The van der Waals surface area contributed by atoms with Crippen molar-refractivity contribution in [2.45, 2.75) is 44.6 Å². The summed E-state index contributed by atoms with van der Waals surface area (Å²) in [4.78, 5) is 0. The number of aliphatic hydroxyl groups is 1. The summed E-state index contributed by atoms with van der Waals surface area (Å²) in [6.45, 7) is 0.203. The lowest BCUT2D eigenvalue weighted by molar-refractivity contribution is 0.200. The average molecular weight is 329 g/mol. The van der Waals surface area contributed by atoms with E-state index in [0.29, 0.717) is 6.10 Å². The minimum absolute atomic E-state index is 0.203. The van der Waals surface area contributed by atoms with E-state index in [0.717, 1.165) is 47.2 Å². The van der Waals surface area contributed by atoms with Crippen molar-refractivity contribution in [1.82, 2.24) is 0 Å². The highest BCUT2D eigenvalue weighted by Gasteiger charge is 2.19. The van der Waals surface area contributed by atoms with Gasteiger partial charge in [0.15, 0.2) is 11.5 Å². The summed E-state index contributed by atoms with van der Waals surface area (Å²) >= 11 is 3.57. The van der Waals surface area contributed by atoms with Gasteiger partial charge in [0.05, 0.1) is 13.2 Å². The van der Waals surface area contributed by atoms with Crippen molar-refractivity contribution >= 4 is 15.9 Å². The zero-order valence-electron chi connectivity index (χ0n) is 11.3. The van der Waals surface area contributed by atoms with Crippen LogP contribution in [0.3, 0.4) is 0 Å². The van der Waals surface area contributed by atoms with E-state index in [2.05, 4.69) is 15.9 Å². The topological polar surface area (TPSA) is 38.7 Å². The fourth-order valence-corrected chi connectivity index (χ4v) is 3.00. The fraction of sp³-hybridized carbons (Fsp3) is 0.600. The van der Waals surface area contributed by atoms with Gasteiger partial charge in [0.1, 0.15) is 0 Å². The van der Waals surface area contributed by atoms with E-state index in [9.17, 15) is 0 Å². The third-order valence-corrected chi connectivity index (χ3v) is 4.27. The Bertz CT molecular complexity index is 414. The molecule has 1 aliphatic carbocycles. The number of ether oxygens (including phenoxy) is 2. The Hall–Kier alpha value is -0.740. The van der Waals surface area contributed by atoms with Crippen LogP contribution in [-0.2, 0) is 6.42 Å². The summed E-state index contributed by atoms with van der Waals surface area (Å²) in [5, 5.41) is 8.92. The van der Waals surface area contributed by atoms with Crippen LogP contribution in [0.25, 0.3) is 0 Å². The third kappa shape index (κ3) is 3.86. The maximum absolute atomic E-state index is 8.92. The summed E-state index contributed by atoms with van der Waals surface area (Å²) in [6.07, 6.45) is 6.68. The van der Waals surface area contributed by atoms with Crippen molar-refractivity contribution in [3.05, 3.63) is 22.2 Å². The van der Waals surface area contributed by atoms with E-state index in [-0.39, 0.29) is 6.61 Å². The first kappa shape index (κ1) is 14.7. The van der Waals surface area contributed by atoms with Crippen molar-refractivity contribution in [2.75, 3.05) is 13.7 Å². The molecule has 4 heteroatoms. The van der Waals surface area contributed by atoms with E-state index in [4.69, 9.17) is 14.6 Å². The number of hydrogen-bond donors (Lipinski definition) is 1. The Morgan fingerprint density at radius 3 is 2.63 bits per heavy atom. The molecular formula is C15H21BrO3. The van der Waals surface area contributed by atoms with Crippen LogP contribution in [0.5, 0.6) is 11.5 Å². The molecule has 19 heavy (non-hydrogen) atoms. The summed E-state index contributed by atoms with van der Waals surface area (Å²) < 4.78 is 12.5. The molecule has 0 atom stereocenters. The second-order valence-electron chi connectivity index (χ2n) is 4.95. The lowest BCUT2D eigenvalue weighted by Gasteiger charge is -2.17. The van der Waals surface area contributed by atoms with Gasteiger partial charge in [0.2, 0.25) is 0 Å². The molecule has 0 bridgehead atoms. The maximum Gasteiger partial charge on any atom is 0.162 e. The van der Waals surface area contributed by atoms with E-state index >= 15 is 0 Å². The third-order valence-electron chi connectivity index (χ3n) is 3.53. The van der Waals surface area contributed by atoms with Crippen LogP contribution >= 0.6 is 15.9 Å². The molecule has 3 nitrogen and oxygen atoms in total. The second kappa shape index (κ2) is 7.15. The summed E-state index contributed by atoms with van der Waals surface area (Å²) in [5.74, 6) is 1.59. The van der Waals surface area contributed by atoms with Crippen molar-refractivity contribution in [1.29, 1.82) is 0 Å². The van der Waals surface area contributed by atoms with Gasteiger partial charge >= 0.3 is 0 Å². The van der Waals surface area contributed by atoms with Crippen LogP contribution in [0.15, 0.2) is 16.6 Å². The van der Waals surface area contributed by atoms with Gasteiger partial charge < -0.3 is 14.6 Å². The smallest absolute Gasteiger partial charge is 0.162 e. The van der Waals surface area contributed by atoms with Gasteiger partial charge in [-0.3, -0.25) is 0 Å². The summed E-state index contributed by atoms with van der Waals surface area (Å²) in [5.41, 5.74) is 1.14. The molecule has 0 aliphatic heterocycles. The molecule has 1 saturated carbocycles. The van der Waals surface area contributed by atoms with E-state index < -0.39 is 0 Å². The molecule has 0 amide bonds. The average Bonchev–Trinajstić information content (AvgIpc) is 2.91. The van der Waals surface area contributed by atoms with E-state index in [1.165, 1.54) is 12.8 Å². The molecule has 0 heterocycles. The molecule has 1 aromatic rings. The van der Waals surface area contributed by atoms with Crippen LogP contribution in [-0.4, -0.2) is 24.9 Å². The van der Waals surface area contributed by atoms with Gasteiger partial charge in [-0.25, -0.2) is 0 Å². The molecule has 0 radical (unpaired) electrons. The van der Waals surface area contributed by atoms with Crippen LogP contribution in [0.1, 0.15) is 37.7 Å². The van der Waals surface area contributed by atoms with Crippen molar-refractivity contribution in [3.8, 4) is 11.5 Å². The normalized spacial score (nSPS) is 15.7. The van der Waals surface area contributed by atoms with Crippen molar-refractivity contribution in [3.63, 3.8) is 0 Å². The monoisotopic (exact) mass is 328 g/mol. The van der Waals surface area contributed by atoms with Gasteiger partial charge in [-0.2, -0.15) is 0 Å². The minimum Gasteiger partial charge on any atom is -0.493 e. The molecule has 0 unspecified atom stereocenters. The van der Waals surface area contributed by atoms with Gasteiger partial charge in [-0.1, -0.05) is 15.9 Å². The number of benzene rings is 1. The Morgan fingerprint density at radius 1 is 1.26 bits per heavy atom. The largest absolute Gasteiger partial charge is 0.493 e. The number of hydrogen-bond acceptors (Lipinski definition) is 3. The quantitative estimate of drug-likeness (QED) is 0.865. The molecule has 2 rings (SSSR count). The fourth-order valence-electron chi connectivity index (χ4n) is 2.48. The number of halogens is 1. The van der Waals surface area contributed by atoms with Gasteiger partial charge in [0, 0.05) is 11.1 Å². The molecular weight excluding hydrogens is 308 g/mol. The standard InChI is InChI=1S/C15H21BrO3/c1-18-14-9-11(5-4-8-17)13(16)10-15(14)19-12-6-2-3-7-12/h9-10,12,17H,2-8H2,1H3. The molecule has 1 aromatic carbocycles. The Balaban J connectivity index is 2.15. The molecule has 1 fully saturated rings. The van der Waals surface area contributed by atoms with Crippen LogP contribution in [0.4, 0.5) is 0 Å². The van der Waals surface area contributed by atoms with Crippen LogP contribution in [0, 0.1) is 0 Å². The van der Waals surface area contributed by atoms with Crippen LogP contribution in [0.2, 0.25) is 0 Å². The summed E-state index contributed by atoms with van der Waals surface area (Å²) in [6, 6.07) is 3.99. The van der Waals surface area contributed by atoms with Crippen molar-refractivity contribution < 1.29 is 14.6 Å². The predicted molar refractivity (Wildman–Crippen MR) is 79.0 cm³/mol. The molecule has 106 valence electrons. The lowest BCUT2D eigenvalue weighted by Crippen LogP contribution is -2.11. The van der Waals surface area contributed by atoms with E-state index in [1.54, 1.807) is 7.11 Å². The Labute approximate surface area is 123 Å². The van der Waals surface area contributed by atoms with Crippen LogP contribution < -0.4 is 9.47 Å². The minimum atomic E-state index is 0.203. The zero-order valence-corrected chi connectivity index (χ0v) is 12.9. The SMILES string of the molecule is COc1cc(CCCO)c(Br)cc1OC1CCCC1. The second-order valence-corrected chi connectivity index (χ2v) is 5.80. The van der Waals surface area contributed by atoms with Gasteiger partial charge in [-0.05, 0) is 56.2 Å². The highest BCUT2D eigenvalue weighted by atomic mass is 79.9. The number of rotatable bonds is 6. The Kier molecular flexibility index (Phi) is 5.52. The first-order valence-electron chi connectivity index (χ1n) is 6.88. The first-order valence-corrected chi connectivity index (χ1v) is 7.68. The maximum atomic E-state index is 8.92.